The number of benzene rings is 3. The average molecular weight is 518 g/mol. The van der Waals surface area contributed by atoms with Gasteiger partial charge in [0.2, 0.25) is 0 Å². The first-order valence-electron chi connectivity index (χ1n) is 12.6. The second kappa shape index (κ2) is 9.72. The van der Waals surface area contributed by atoms with Crippen molar-refractivity contribution in [3.05, 3.63) is 82.1 Å². The van der Waals surface area contributed by atoms with E-state index in [9.17, 15) is 4.79 Å². The Kier molecular flexibility index (Phi) is 6.26. The molecule has 0 bridgehead atoms. The lowest BCUT2D eigenvalue weighted by molar-refractivity contribution is -0.137. The highest BCUT2D eigenvalue weighted by Gasteiger charge is 2.27. The van der Waals surface area contributed by atoms with Gasteiger partial charge in [0.25, 0.3) is 0 Å². The number of carboxylic acid groups (broad SMARTS) is 1. The standard InChI is InChI=1S/C29H28ClN3O4/c1-17-18(15-31-21-8-9-22-19(12-28(34)35)16-37-27(22)14-21)4-2-5-24(17)33-25-10-7-20(30)13-23(25)32-29(33)26-6-3-11-36-26/h2,4-5,7-10,13-14,19,26,31H,3,6,11-12,15-16H2,1H3,(H,34,35). The second-order valence-corrected chi connectivity index (χ2v) is 10.1. The van der Waals surface area contributed by atoms with Crippen LogP contribution in [0.3, 0.4) is 0 Å². The maximum absolute atomic E-state index is 11.1. The van der Waals surface area contributed by atoms with Gasteiger partial charge in [-0.2, -0.15) is 0 Å². The molecule has 4 aromatic rings. The molecule has 0 radical (unpaired) electrons. The van der Waals surface area contributed by atoms with Crippen molar-refractivity contribution < 1.29 is 19.4 Å². The summed E-state index contributed by atoms with van der Waals surface area (Å²) in [4.78, 5) is 16.1. The Hall–Kier alpha value is -3.55. The summed E-state index contributed by atoms with van der Waals surface area (Å²) in [5, 5.41) is 13.3. The summed E-state index contributed by atoms with van der Waals surface area (Å²) in [6.07, 6.45) is 2.02. The number of fused-ring (bicyclic) bond motifs is 2. The van der Waals surface area contributed by atoms with Crippen LogP contribution in [0.1, 0.15) is 53.8 Å². The minimum Gasteiger partial charge on any atom is -0.493 e. The van der Waals surface area contributed by atoms with Crippen LogP contribution < -0.4 is 10.1 Å². The quantitative estimate of drug-likeness (QED) is 0.295. The minimum atomic E-state index is -0.810. The van der Waals surface area contributed by atoms with Gasteiger partial charge in [-0.15, -0.1) is 0 Å². The molecule has 0 amide bonds. The largest absolute Gasteiger partial charge is 0.493 e. The summed E-state index contributed by atoms with van der Waals surface area (Å²) >= 11 is 6.28. The topological polar surface area (TPSA) is 85.6 Å². The number of nitrogens with zero attached hydrogens (tertiary/aromatic N) is 2. The van der Waals surface area contributed by atoms with Crippen molar-refractivity contribution in [1.82, 2.24) is 9.55 Å². The van der Waals surface area contributed by atoms with Gasteiger partial charge in [-0.25, -0.2) is 4.98 Å². The van der Waals surface area contributed by atoms with Crippen molar-refractivity contribution in [2.75, 3.05) is 18.5 Å². The summed E-state index contributed by atoms with van der Waals surface area (Å²) in [6, 6.07) is 18.1. The molecule has 190 valence electrons. The smallest absolute Gasteiger partial charge is 0.304 e. The SMILES string of the molecule is Cc1c(CNc2ccc3c(c2)OCC3CC(=O)O)cccc1-n1c(C2CCCO2)nc2cc(Cl)ccc21. The van der Waals surface area contributed by atoms with Gasteiger partial charge >= 0.3 is 5.97 Å². The molecule has 7 nitrogen and oxygen atoms in total. The molecular weight excluding hydrogens is 490 g/mol. The number of rotatable bonds is 7. The first-order chi connectivity index (χ1) is 18.0. The van der Waals surface area contributed by atoms with E-state index in [1.54, 1.807) is 0 Å². The number of nitrogens with one attached hydrogen (secondary N) is 1. The molecule has 1 aromatic heterocycles. The van der Waals surface area contributed by atoms with E-state index in [1.807, 2.05) is 36.4 Å². The zero-order valence-electron chi connectivity index (χ0n) is 20.5. The predicted octanol–water partition coefficient (Wildman–Crippen LogP) is 6.40. The van der Waals surface area contributed by atoms with Crippen LogP contribution >= 0.6 is 11.6 Å². The van der Waals surface area contributed by atoms with Crippen molar-refractivity contribution in [3.8, 4) is 11.4 Å². The number of ether oxygens (including phenoxy) is 2. The zero-order valence-corrected chi connectivity index (χ0v) is 21.3. The second-order valence-electron chi connectivity index (χ2n) is 9.71. The molecule has 2 unspecified atom stereocenters. The van der Waals surface area contributed by atoms with Crippen molar-refractivity contribution in [3.63, 3.8) is 0 Å². The van der Waals surface area contributed by atoms with Crippen LogP contribution in [0.25, 0.3) is 16.7 Å². The van der Waals surface area contributed by atoms with Crippen molar-refractivity contribution in [2.24, 2.45) is 0 Å². The molecule has 2 atom stereocenters. The first-order valence-corrected chi connectivity index (χ1v) is 13.0. The third-order valence-corrected chi connectivity index (χ3v) is 7.55. The number of anilines is 1. The minimum absolute atomic E-state index is 0.0382. The number of hydrogen-bond donors (Lipinski definition) is 2. The fourth-order valence-corrected chi connectivity index (χ4v) is 5.56. The van der Waals surface area contributed by atoms with Gasteiger partial charge in [-0.05, 0) is 61.2 Å². The Morgan fingerprint density at radius 3 is 2.92 bits per heavy atom. The van der Waals surface area contributed by atoms with Crippen molar-refractivity contribution >= 4 is 34.3 Å². The van der Waals surface area contributed by atoms with E-state index in [0.717, 1.165) is 70.1 Å². The molecule has 1 fully saturated rings. The van der Waals surface area contributed by atoms with Crippen LogP contribution in [0, 0.1) is 6.92 Å². The Morgan fingerprint density at radius 1 is 1.22 bits per heavy atom. The Balaban J connectivity index is 1.30. The first kappa shape index (κ1) is 23.8. The number of halogens is 1. The van der Waals surface area contributed by atoms with Gasteiger partial charge in [0.1, 0.15) is 17.7 Å². The van der Waals surface area contributed by atoms with Crippen molar-refractivity contribution in [1.29, 1.82) is 0 Å². The molecule has 0 spiro atoms. The van der Waals surface area contributed by atoms with E-state index in [0.29, 0.717) is 18.2 Å². The number of imidazole rings is 1. The molecule has 37 heavy (non-hydrogen) atoms. The molecule has 2 aliphatic rings. The number of carboxylic acids is 1. The number of aliphatic carboxylic acids is 1. The van der Waals surface area contributed by atoms with E-state index in [1.165, 1.54) is 0 Å². The molecule has 0 saturated carbocycles. The fourth-order valence-electron chi connectivity index (χ4n) is 5.39. The van der Waals surface area contributed by atoms with Gasteiger partial charge in [0, 0.05) is 41.4 Å². The monoisotopic (exact) mass is 517 g/mol. The zero-order chi connectivity index (χ0) is 25.5. The summed E-state index contributed by atoms with van der Waals surface area (Å²) in [7, 11) is 0. The van der Waals surface area contributed by atoms with Crippen LogP contribution in [0.15, 0.2) is 54.6 Å². The molecular formula is C29H28ClN3O4. The van der Waals surface area contributed by atoms with E-state index < -0.39 is 5.97 Å². The number of carbonyl (C=O) groups is 1. The van der Waals surface area contributed by atoms with Gasteiger partial charge < -0.3 is 19.9 Å². The lowest BCUT2D eigenvalue weighted by atomic mass is 9.98. The maximum Gasteiger partial charge on any atom is 0.304 e. The van der Waals surface area contributed by atoms with Crippen LogP contribution in [-0.2, 0) is 16.1 Å². The maximum atomic E-state index is 11.1. The normalized spacial score (nSPS) is 18.6. The Bertz CT molecular complexity index is 1490. The van der Waals surface area contributed by atoms with E-state index in [2.05, 4.69) is 35.0 Å². The summed E-state index contributed by atoms with van der Waals surface area (Å²) in [6.45, 7) is 3.92. The lowest BCUT2D eigenvalue weighted by Gasteiger charge is -2.18. The molecule has 1 saturated heterocycles. The third kappa shape index (κ3) is 4.54. The average Bonchev–Trinajstić information content (AvgIpc) is 3.62. The highest BCUT2D eigenvalue weighted by atomic mass is 35.5. The number of aromatic nitrogens is 2. The molecule has 6 rings (SSSR count). The lowest BCUT2D eigenvalue weighted by Crippen LogP contribution is -2.10. The molecule has 3 heterocycles. The summed E-state index contributed by atoms with van der Waals surface area (Å²) < 4.78 is 14.0. The van der Waals surface area contributed by atoms with Crippen LogP contribution in [0.2, 0.25) is 5.02 Å². The molecule has 2 aliphatic heterocycles. The fraction of sp³-hybridized carbons (Fsp3) is 0.310. The Morgan fingerprint density at radius 2 is 2.11 bits per heavy atom. The molecule has 3 aromatic carbocycles. The van der Waals surface area contributed by atoms with Gasteiger partial charge in [0.15, 0.2) is 0 Å². The van der Waals surface area contributed by atoms with E-state index >= 15 is 0 Å². The number of hydrogen-bond acceptors (Lipinski definition) is 5. The summed E-state index contributed by atoms with van der Waals surface area (Å²) in [5.74, 6) is 0.759. The molecule has 0 aliphatic carbocycles. The highest BCUT2D eigenvalue weighted by molar-refractivity contribution is 6.31. The van der Waals surface area contributed by atoms with Crippen LogP contribution in [0.4, 0.5) is 5.69 Å². The third-order valence-electron chi connectivity index (χ3n) is 7.32. The molecule has 8 heteroatoms. The van der Waals surface area contributed by atoms with Gasteiger partial charge in [-0.1, -0.05) is 29.8 Å². The van der Waals surface area contributed by atoms with Crippen molar-refractivity contribution in [2.45, 2.75) is 44.8 Å². The van der Waals surface area contributed by atoms with Crippen LogP contribution in [0.5, 0.6) is 5.75 Å². The Labute approximate surface area is 220 Å². The predicted molar refractivity (Wildman–Crippen MR) is 143 cm³/mol. The highest BCUT2D eigenvalue weighted by Crippen LogP contribution is 2.38. The van der Waals surface area contributed by atoms with E-state index in [4.69, 9.17) is 31.2 Å². The van der Waals surface area contributed by atoms with Gasteiger partial charge in [0.05, 0.1) is 29.7 Å². The van der Waals surface area contributed by atoms with Crippen LogP contribution in [-0.4, -0.2) is 33.8 Å². The van der Waals surface area contributed by atoms with E-state index in [-0.39, 0.29) is 18.4 Å². The summed E-state index contributed by atoms with van der Waals surface area (Å²) in [5.41, 5.74) is 7.15. The molecule has 2 N–H and O–H groups in total. The van der Waals surface area contributed by atoms with Gasteiger partial charge in [-0.3, -0.25) is 9.36 Å².